The quantitative estimate of drug-likeness (QED) is 0.577. The van der Waals surface area contributed by atoms with E-state index in [-0.39, 0.29) is 0 Å². The van der Waals surface area contributed by atoms with E-state index >= 15 is 0 Å². The van der Waals surface area contributed by atoms with E-state index in [1.807, 2.05) is 0 Å². The molecule has 3 unspecified atom stereocenters. The van der Waals surface area contributed by atoms with Crippen molar-refractivity contribution in [2.75, 3.05) is 13.1 Å². The summed E-state index contributed by atoms with van der Waals surface area (Å²) in [5, 5.41) is 3.67. The minimum absolute atomic E-state index is 0.851. The van der Waals surface area contributed by atoms with Gasteiger partial charge in [-0.2, -0.15) is 0 Å². The molecule has 3 atom stereocenters. The Kier molecular flexibility index (Phi) is 1.66. The van der Waals surface area contributed by atoms with Gasteiger partial charge in [0.05, 0.1) is 0 Å². The van der Waals surface area contributed by atoms with E-state index in [0.717, 1.165) is 18.1 Å². The second-order valence-corrected chi connectivity index (χ2v) is 4.54. The standard InChI is InChI=1S/C10H18N2/c1-4-10-9(11-5-1)7-8-3-2-6-12(8)10/h8-11H,1-7H2. The predicted molar refractivity (Wildman–Crippen MR) is 49.2 cm³/mol. The van der Waals surface area contributed by atoms with Gasteiger partial charge in [-0.1, -0.05) is 0 Å². The van der Waals surface area contributed by atoms with Crippen LogP contribution in [0.2, 0.25) is 0 Å². The van der Waals surface area contributed by atoms with Gasteiger partial charge in [-0.15, -0.1) is 0 Å². The van der Waals surface area contributed by atoms with Gasteiger partial charge in [-0.25, -0.2) is 0 Å². The highest BCUT2D eigenvalue weighted by molar-refractivity contribution is 5.02. The van der Waals surface area contributed by atoms with Gasteiger partial charge >= 0.3 is 0 Å². The van der Waals surface area contributed by atoms with Crippen LogP contribution in [0.5, 0.6) is 0 Å². The Morgan fingerprint density at radius 1 is 1.17 bits per heavy atom. The number of nitrogens with one attached hydrogen (secondary N) is 1. The van der Waals surface area contributed by atoms with Crippen molar-refractivity contribution in [3.63, 3.8) is 0 Å². The molecule has 2 nitrogen and oxygen atoms in total. The van der Waals surface area contributed by atoms with Crippen LogP contribution in [-0.4, -0.2) is 36.1 Å². The maximum atomic E-state index is 3.67. The summed E-state index contributed by atoms with van der Waals surface area (Å²) in [5.41, 5.74) is 0. The maximum Gasteiger partial charge on any atom is 0.0253 e. The molecule has 0 aliphatic carbocycles. The summed E-state index contributed by atoms with van der Waals surface area (Å²) in [6, 6.07) is 2.71. The van der Waals surface area contributed by atoms with Crippen molar-refractivity contribution in [3.8, 4) is 0 Å². The smallest absolute Gasteiger partial charge is 0.0253 e. The van der Waals surface area contributed by atoms with Crippen molar-refractivity contribution in [1.82, 2.24) is 10.2 Å². The molecule has 2 heteroatoms. The zero-order valence-electron chi connectivity index (χ0n) is 7.63. The largest absolute Gasteiger partial charge is 0.312 e. The van der Waals surface area contributed by atoms with Crippen LogP contribution in [0.1, 0.15) is 32.1 Å². The first-order valence-corrected chi connectivity index (χ1v) is 5.44. The average molecular weight is 166 g/mol. The Morgan fingerprint density at radius 2 is 2.17 bits per heavy atom. The Morgan fingerprint density at radius 3 is 3.17 bits per heavy atom. The number of piperidine rings is 1. The molecule has 3 saturated heterocycles. The van der Waals surface area contributed by atoms with Gasteiger partial charge in [0.1, 0.15) is 0 Å². The van der Waals surface area contributed by atoms with Gasteiger partial charge in [0, 0.05) is 18.1 Å². The van der Waals surface area contributed by atoms with Crippen molar-refractivity contribution < 1.29 is 0 Å². The van der Waals surface area contributed by atoms with Gasteiger partial charge < -0.3 is 5.32 Å². The van der Waals surface area contributed by atoms with Crippen LogP contribution in [0.3, 0.4) is 0 Å². The summed E-state index contributed by atoms with van der Waals surface area (Å²) >= 11 is 0. The molecule has 3 fully saturated rings. The van der Waals surface area contributed by atoms with Gasteiger partial charge in [0.2, 0.25) is 0 Å². The van der Waals surface area contributed by atoms with Crippen molar-refractivity contribution in [2.45, 2.75) is 50.2 Å². The molecule has 0 bridgehead atoms. The van der Waals surface area contributed by atoms with Crippen molar-refractivity contribution in [1.29, 1.82) is 0 Å². The Hall–Kier alpha value is -0.0800. The first-order valence-electron chi connectivity index (χ1n) is 5.44. The zero-order valence-corrected chi connectivity index (χ0v) is 7.63. The lowest BCUT2D eigenvalue weighted by Gasteiger charge is -2.31. The SMILES string of the molecule is C1CNC2CC3CCCN3C2C1. The van der Waals surface area contributed by atoms with Crippen LogP contribution < -0.4 is 5.32 Å². The highest BCUT2D eigenvalue weighted by atomic mass is 15.3. The molecule has 0 aromatic heterocycles. The summed E-state index contributed by atoms with van der Waals surface area (Å²) < 4.78 is 0. The first kappa shape index (κ1) is 7.34. The molecule has 68 valence electrons. The molecule has 0 amide bonds. The second kappa shape index (κ2) is 2.71. The molecule has 0 spiro atoms. The summed E-state index contributed by atoms with van der Waals surface area (Å²) in [5.74, 6) is 0. The van der Waals surface area contributed by atoms with E-state index < -0.39 is 0 Å². The normalized spacial score (nSPS) is 47.5. The number of rotatable bonds is 0. The number of hydrogen-bond donors (Lipinski definition) is 1. The van der Waals surface area contributed by atoms with Crippen LogP contribution in [0.15, 0.2) is 0 Å². The zero-order chi connectivity index (χ0) is 7.97. The summed E-state index contributed by atoms with van der Waals surface area (Å²) in [7, 11) is 0. The highest BCUT2D eigenvalue weighted by Gasteiger charge is 2.43. The molecule has 3 heterocycles. The Bertz CT molecular complexity index is 181. The van der Waals surface area contributed by atoms with E-state index in [0.29, 0.717) is 0 Å². The molecule has 1 N–H and O–H groups in total. The topological polar surface area (TPSA) is 15.3 Å². The fourth-order valence-electron chi connectivity index (χ4n) is 3.41. The lowest BCUT2D eigenvalue weighted by molar-refractivity contribution is 0.200. The van der Waals surface area contributed by atoms with Gasteiger partial charge in [0.25, 0.3) is 0 Å². The Balaban J connectivity index is 1.79. The molecule has 3 rings (SSSR count). The molecule has 3 aliphatic heterocycles. The minimum Gasteiger partial charge on any atom is -0.312 e. The third-order valence-corrected chi connectivity index (χ3v) is 3.92. The van der Waals surface area contributed by atoms with E-state index in [2.05, 4.69) is 10.2 Å². The van der Waals surface area contributed by atoms with Crippen LogP contribution in [0.25, 0.3) is 0 Å². The van der Waals surface area contributed by atoms with Crippen molar-refractivity contribution >= 4 is 0 Å². The van der Waals surface area contributed by atoms with Crippen LogP contribution in [-0.2, 0) is 0 Å². The van der Waals surface area contributed by atoms with Crippen LogP contribution in [0.4, 0.5) is 0 Å². The predicted octanol–water partition coefficient (Wildman–Crippen LogP) is 0.975. The summed E-state index contributed by atoms with van der Waals surface area (Å²) in [4.78, 5) is 2.77. The van der Waals surface area contributed by atoms with Gasteiger partial charge in [-0.05, 0) is 45.2 Å². The molecule has 12 heavy (non-hydrogen) atoms. The first-order chi connectivity index (χ1) is 5.95. The monoisotopic (exact) mass is 166 g/mol. The lowest BCUT2D eigenvalue weighted by Crippen LogP contribution is -2.46. The number of hydrogen-bond acceptors (Lipinski definition) is 2. The molecular formula is C10H18N2. The van der Waals surface area contributed by atoms with Crippen LogP contribution >= 0.6 is 0 Å². The maximum absolute atomic E-state index is 3.67. The molecule has 0 saturated carbocycles. The van der Waals surface area contributed by atoms with Crippen molar-refractivity contribution in [3.05, 3.63) is 0 Å². The van der Waals surface area contributed by atoms with Crippen LogP contribution in [0, 0.1) is 0 Å². The third kappa shape index (κ3) is 0.944. The second-order valence-electron chi connectivity index (χ2n) is 4.54. The van der Waals surface area contributed by atoms with Gasteiger partial charge in [-0.3, -0.25) is 4.90 Å². The van der Waals surface area contributed by atoms with E-state index in [1.165, 1.54) is 45.2 Å². The summed E-state index contributed by atoms with van der Waals surface area (Å²) in [6.45, 7) is 2.65. The van der Waals surface area contributed by atoms with Gasteiger partial charge in [0.15, 0.2) is 0 Å². The Labute approximate surface area is 74.3 Å². The molecular weight excluding hydrogens is 148 g/mol. The highest BCUT2D eigenvalue weighted by Crippen LogP contribution is 2.35. The fourth-order valence-corrected chi connectivity index (χ4v) is 3.41. The fraction of sp³-hybridized carbons (Fsp3) is 1.00. The van der Waals surface area contributed by atoms with E-state index in [1.54, 1.807) is 0 Å². The summed E-state index contributed by atoms with van der Waals surface area (Å²) in [6.07, 6.45) is 7.20. The molecule has 0 radical (unpaired) electrons. The molecule has 0 aromatic rings. The lowest BCUT2D eigenvalue weighted by atomic mass is 9.98. The average Bonchev–Trinajstić information content (AvgIpc) is 2.62. The number of fused-ring (bicyclic) bond motifs is 3. The molecule has 0 aromatic carbocycles. The van der Waals surface area contributed by atoms with Crippen molar-refractivity contribution in [2.24, 2.45) is 0 Å². The third-order valence-electron chi connectivity index (χ3n) is 3.92. The van der Waals surface area contributed by atoms with E-state index in [4.69, 9.17) is 0 Å². The van der Waals surface area contributed by atoms with E-state index in [9.17, 15) is 0 Å². The number of nitrogens with zero attached hydrogens (tertiary/aromatic N) is 1. The minimum atomic E-state index is 0.851. The molecule has 3 aliphatic rings.